The number of carbonyl (C=O) groups excluding carboxylic acids is 2. The predicted octanol–water partition coefficient (Wildman–Crippen LogP) is 3.46. The highest BCUT2D eigenvalue weighted by Crippen LogP contribution is 2.46. The maximum atomic E-state index is 14.1. The number of thiophene rings is 1. The van der Waals surface area contributed by atoms with E-state index in [1.54, 1.807) is 23.4 Å². The molecule has 184 valence electrons. The first-order chi connectivity index (χ1) is 17.0. The van der Waals surface area contributed by atoms with Crippen LogP contribution in [0.25, 0.3) is 0 Å². The number of β-amino-alcohol motifs (C(OH)–C–C–N with tert-alkyl or cyclic N) is 1. The molecule has 0 aromatic carbocycles. The Hall–Kier alpha value is -2.96. The van der Waals surface area contributed by atoms with E-state index < -0.39 is 18.2 Å². The lowest BCUT2D eigenvalue weighted by molar-refractivity contribution is -0.128. The third-order valence-electron chi connectivity index (χ3n) is 7.22. The van der Waals surface area contributed by atoms with E-state index in [0.29, 0.717) is 16.5 Å². The van der Waals surface area contributed by atoms with Crippen molar-refractivity contribution >= 4 is 28.2 Å². The molecule has 0 spiro atoms. The molecular weight excluding hydrogens is 462 g/mol. The quantitative estimate of drug-likeness (QED) is 0.572. The van der Waals surface area contributed by atoms with Crippen LogP contribution in [-0.4, -0.2) is 51.5 Å². The molecule has 2 aromatic heterocycles. The third kappa shape index (κ3) is 5.19. The first kappa shape index (κ1) is 23.8. The smallest absolute Gasteiger partial charge is 0.252 e. The first-order valence-electron chi connectivity index (χ1n) is 12.5. The molecule has 0 radical (unpaired) electrons. The van der Waals surface area contributed by atoms with Gasteiger partial charge in [0.2, 0.25) is 5.91 Å². The van der Waals surface area contributed by atoms with Crippen LogP contribution in [0, 0.1) is 11.5 Å². The Kier molecular flexibility index (Phi) is 7.02. The molecule has 1 saturated heterocycles. The molecule has 3 heterocycles. The fourth-order valence-electron chi connectivity index (χ4n) is 5.22. The van der Waals surface area contributed by atoms with Gasteiger partial charge in [-0.15, -0.1) is 11.3 Å². The van der Waals surface area contributed by atoms with E-state index in [9.17, 15) is 20.0 Å². The minimum atomic E-state index is -0.915. The molecule has 2 amide bonds. The zero-order valence-corrected chi connectivity index (χ0v) is 20.5. The summed E-state index contributed by atoms with van der Waals surface area (Å²) < 4.78 is 0. The molecule has 8 nitrogen and oxygen atoms in total. The van der Waals surface area contributed by atoms with Crippen LogP contribution >= 0.6 is 11.3 Å². The molecule has 1 unspecified atom stereocenters. The maximum absolute atomic E-state index is 14.1. The van der Waals surface area contributed by atoms with E-state index in [0.717, 1.165) is 38.5 Å². The van der Waals surface area contributed by atoms with Gasteiger partial charge in [-0.1, -0.05) is 25.3 Å². The molecule has 3 atom stereocenters. The molecule has 9 heteroatoms. The van der Waals surface area contributed by atoms with E-state index in [1.807, 2.05) is 18.2 Å². The van der Waals surface area contributed by atoms with Crippen LogP contribution in [0.3, 0.4) is 0 Å². The molecule has 3 aliphatic rings. The topological polar surface area (TPSA) is 110 Å². The zero-order valence-electron chi connectivity index (χ0n) is 19.7. The van der Waals surface area contributed by atoms with Crippen molar-refractivity contribution in [2.45, 2.75) is 81.5 Å². The summed E-state index contributed by atoms with van der Waals surface area (Å²) in [4.78, 5) is 36.3. The van der Waals surface area contributed by atoms with E-state index >= 15 is 0 Å². The van der Waals surface area contributed by atoms with Gasteiger partial charge >= 0.3 is 0 Å². The van der Waals surface area contributed by atoms with Crippen molar-refractivity contribution in [1.82, 2.24) is 15.2 Å². The largest absolute Gasteiger partial charge is 0.391 e. The summed E-state index contributed by atoms with van der Waals surface area (Å²) in [5.74, 6) is -0.0656. The fourth-order valence-corrected chi connectivity index (χ4v) is 6.43. The average molecular weight is 494 g/mol. The number of hydrogen-bond donors (Lipinski definition) is 2. The van der Waals surface area contributed by atoms with Crippen LogP contribution < -0.4 is 10.2 Å². The van der Waals surface area contributed by atoms with Gasteiger partial charge in [0.15, 0.2) is 6.19 Å². The number of likely N-dealkylation sites (tertiary alicyclic amines) is 1. The lowest BCUT2D eigenvalue weighted by Gasteiger charge is -2.34. The van der Waals surface area contributed by atoms with Crippen molar-refractivity contribution in [3.8, 4) is 6.19 Å². The second-order valence-corrected chi connectivity index (χ2v) is 10.9. The molecule has 35 heavy (non-hydrogen) atoms. The summed E-state index contributed by atoms with van der Waals surface area (Å²) in [5, 5.41) is 23.7. The van der Waals surface area contributed by atoms with Crippen LogP contribution in [0.5, 0.6) is 0 Å². The number of nitriles is 1. The minimum absolute atomic E-state index is 0.0849. The van der Waals surface area contributed by atoms with Gasteiger partial charge in [0.05, 0.1) is 17.6 Å². The Morgan fingerprint density at radius 1 is 1.20 bits per heavy atom. The van der Waals surface area contributed by atoms with Gasteiger partial charge in [-0.05, 0) is 49.8 Å². The minimum Gasteiger partial charge on any atom is -0.391 e. The molecule has 3 fully saturated rings. The predicted molar refractivity (Wildman–Crippen MR) is 133 cm³/mol. The van der Waals surface area contributed by atoms with Crippen molar-refractivity contribution in [1.29, 1.82) is 5.26 Å². The van der Waals surface area contributed by atoms with Crippen molar-refractivity contribution < 1.29 is 14.7 Å². The summed E-state index contributed by atoms with van der Waals surface area (Å²) in [7, 11) is 0. The van der Waals surface area contributed by atoms with E-state index in [4.69, 9.17) is 0 Å². The average Bonchev–Trinajstić information content (AvgIpc) is 3.49. The summed E-state index contributed by atoms with van der Waals surface area (Å²) in [6.07, 6.45) is 12.2. The van der Waals surface area contributed by atoms with E-state index in [2.05, 4.69) is 16.5 Å². The SMILES string of the molecule is N#CN1C[C@H](O)C[C@@H]1C(=O)N(c1ccc(C2CC2)s1)C(C(=O)NC1CCCCC1)c1cccnc1. The van der Waals surface area contributed by atoms with Gasteiger partial charge in [-0.25, -0.2) is 0 Å². The van der Waals surface area contributed by atoms with Crippen molar-refractivity contribution in [3.05, 3.63) is 47.1 Å². The highest BCUT2D eigenvalue weighted by Gasteiger charge is 2.43. The Balaban J connectivity index is 1.54. The maximum Gasteiger partial charge on any atom is 0.252 e. The monoisotopic (exact) mass is 493 g/mol. The van der Waals surface area contributed by atoms with E-state index in [-0.39, 0.29) is 30.8 Å². The van der Waals surface area contributed by atoms with Crippen LogP contribution in [0.4, 0.5) is 5.00 Å². The summed E-state index contributed by atoms with van der Waals surface area (Å²) in [6, 6.07) is 5.90. The number of anilines is 1. The highest BCUT2D eigenvalue weighted by atomic mass is 32.1. The number of aromatic nitrogens is 1. The van der Waals surface area contributed by atoms with Crippen LogP contribution in [0.15, 0.2) is 36.7 Å². The number of aliphatic hydroxyl groups excluding tert-OH is 1. The Labute approximate surface area is 209 Å². The Morgan fingerprint density at radius 3 is 2.69 bits per heavy atom. The second-order valence-electron chi connectivity index (χ2n) is 9.85. The van der Waals surface area contributed by atoms with Crippen LogP contribution in [-0.2, 0) is 9.59 Å². The molecule has 1 aliphatic heterocycles. The number of aliphatic hydroxyl groups is 1. The number of pyridine rings is 1. The van der Waals surface area contributed by atoms with Gasteiger partial charge < -0.3 is 10.4 Å². The molecular formula is C26H31N5O3S. The number of hydrogen-bond acceptors (Lipinski definition) is 7. The lowest BCUT2D eigenvalue weighted by atomic mass is 9.94. The van der Waals surface area contributed by atoms with Gasteiger partial charge in [0, 0.05) is 35.3 Å². The van der Waals surface area contributed by atoms with Gasteiger partial charge in [-0.2, -0.15) is 5.26 Å². The Morgan fingerprint density at radius 2 is 2.00 bits per heavy atom. The molecule has 2 aromatic rings. The standard InChI is InChI=1S/C26H31N5O3S/c27-16-30-15-20(32)13-21(30)26(34)31(23-11-10-22(35-23)17-8-9-17)24(18-5-4-12-28-14-18)25(33)29-19-6-2-1-3-7-19/h4-5,10-12,14,17,19-21,24,32H,1-3,6-9,13,15H2,(H,29,33)/t20-,21-,24?/m1/s1. The van der Waals surface area contributed by atoms with Crippen LogP contribution in [0.1, 0.15) is 73.8 Å². The molecule has 2 saturated carbocycles. The van der Waals surface area contributed by atoms with Gasteiger partial charge in [-0.3, -0.25) is 24.4 Å². The molecule has 5 rings (SSSR count). The number of rotatable bonds is 7. The van der Waals surface area contributed by atoms with Crippen molar-refractivity contribution in [2.24, 2.45) is 0 Å². The Bertz CT molecular complexity index is 1090. The normalized spacial score (nSPS) is 23.5. The lowest BCUT2D eigenvalue weighted by Crippen LogP contribution is -2.51. The fraction of sp³-hybridized carbons (Fsp3) is 0.538. The van der Waals surface area contributed by atoms with Crippen molar-refractivity contribution in [3.63, 3.8) is 0 Å². The molecule has 2 N–H and O–H groups in total. The number of carbonyl (C=O) groups is 2. The number of amides is 2. The summed E-state index contributed by atoms with van der Waals surface area (Å²) in [5.41, 5.74) is 0.623. The first-order valence-corrected chi connectivity index (χ1v) is 13.3. The molecule has 0 bridgehead atoms. The molecule has 2 aliphatic carbocycles. The van der Waals surface area contributed by atoms with Crippen LogP contribution in [0.2, 0.25) is 0 Å². The van der Waals surface area contributed by atoms with Gasteiger partial charge in [0.25, 0.3) is 5.91 Å². The number of nitrogens with zero attached hydrogens (tertiary/aromatic N) is 4. The highest BCUT2D eigenvalue weighted by molar-refractivity contribution is 7.16. The second kappa shape index (κ2) is 10.3. The zero-order chi connectivity index (χ0) is 24.4. The van der Waals surface area contributed by atoms with Crippen molar-refractivity contribution in [2.75, 3.05) is 11.4 Å². The van der Waals surface area contributed by atoms with E-state index in [1.165, 1.54) is 27.5 Å². The number of nitrogens with one attached hydrogen (secondary N) is 1. The van der Waals surface area contributed by atoms with Gasteiger partial charge in [0.1, 0.15) is 12.1 Å². The summed E-state index contributed by atoms with van der Waals surface area (Å²) in [6.45, 7) is 0.115. The summed E-state index contributed by atoms with van der Waals surface area (Å²) >= 11 is 1.54. The third-order valence-corrected chi connectivity index (χ3v) is 8.46.